The molecule has 1 aliphatic heterocycles. The molecule has 6 nitrogen and oxygen atoms in total. The summed E-state index contributed by atoms with van der Waals surface area (Å²) >= 11 is 1.98. The fraction of sp³-hybridized carbons (Fsp3) is 0.318. The van der Waals surface area contributed by atoms with Crippen molar-refractivity contribution in [1.82, 2.24) is 15.0 Å². The summed E-state index contributed by atoms with van der Waals surface area (Å²) in [6, 6.07) is 12.5. The number of hydrogen-bond acceptors (Lipinski definition) is 7. The van der Waals surface area contributed by atoms with Crippen LogP contribution in [0.5, 0.6) is 5.75 Å². The normalized spacial score (nSPS) is 14.5. The van der Waals surface area contributed by atoms with Crippen LogP contribution >= 0.6 is 11.8 Å². The minimum Gasteiger partial charge on any atom is -0.496 e. The Morgan fingerprint density at radius 3 is 2.87 bits per heavy atom. The summed E-state index contributed by atoms with van der Waals surface area (Å²) < 4.78 is 24.2. The van der Waals surface area contributed by atoms with E-state index >= 15 is 0 Å². The lowest BCUT2D eigenvalue weighted by Gasteiger charge is -2.21. The van der Waals surface area contributed by atoms with Gasteiger partial charge in [-0.15, -0.1) is 0 Å². The Labute approximate surface area is 179 Å². The summed E-state index contributed by atoms with van der Waals surface area (Å²) in [5, 5.41) is 3.89. The Morgan fingerprint density at radius 2 is 2.03 bits per heavy atom. The van der Waals surface area contributed by atoms with Crippen LogP contribution in [-0.4, -0.2) is 40.5 Å². The van der Waals surface area contributed by atoms with Gasteiger partial charge in [0.05, 0.1) is 12.7 Å². The fourth-order valence-corrected chi connectivity index (χ4v) is 4.39. The number of nitrogens with one attached hydrogen (secondary N) is 1. The van der Waals surface area contributed by atoms with E-state index in [9.17, 15) is 4.39 Å². The van der Waals surface area contributed by atoms with Crippen molar-refractivity contribution >= 4 is 23.4 Å². The van der Waals surface area contributed by atoms with E-state index in [2.05, 4.69) is 32.4 Å². The number of anilines is 2. The van der Waals surface area contributed by atoms with E-state index in [4.69, 9.17) is 9.47 Å². The van der Waals surface area contributed by atoms with E-state index in [1.54, 1.807) is 6.07 Å². The minimum absolute atomic E-state index is 0.374. The van der Waals surface area contributed by atoms with Crippen LogP contribution in [0.4, 0.5) is 16.0 Å². The van der Waals surface area contributed by atoms with Crippen molar-refractivity contribution in [2.24, 2.45) is 0 Å². The van der Waals surface area contributed by atoms with Crippen molar-refractivity contribution in [3.63, 3.8) is 0 Å². The molecule has 0 radical (unpaired) electrons. The highest BCUT2D eigenvalue weighted by atomic mass is 32.2. The molecule has 4 rings (SSSR count). The Kier molecular flexibility index (Phi) is 6.76. The zero-order valence-electron chi connectivity index (χ0n) is 16.7. The lowest BCUT2D eigenvalue weighted by atomic mass is 10.2. The first kappa shape index (κ1) is 20.6. The number of aromatic nitrogens is 3. The average Bonchev–Trinajstić information content (AvgIpc) is 2.79. The van der Waals surface area contributed by atoms with Gasteiger partial charge in [0.2, 0.25) is 5.95 Å². The Balaban J connectivity index is 1.46. The molecule has 1 aliphatic rings. The van der Waals surface area contributed by atoms with Crippen molar-refractivity contribution in [3.05, 3.63) is 60.2 Å². The first-order valence-corrected chi connectivity index (χ1v) is 10.8. The number of halogens is 1. The van der Waals surface area contributed by atoms with Crippen LogP contribution < -0.4 is 10.1 Å². The maximum atomic E-state index is 13.5. The predicted octanol–water partition coefficient (Wildman–Crippen LogP) is 4.84. The average molecular weight is 427 g/mol. The molecule has 1 fully saturated rings. The summed E-state index contributed by atoms with van der Waals surface area (Å²) in [5.41, 5.74) is 2.75. The van der Waals surface area contributed by atoms with Crippen LogP contribution in [0.1, 0.15) is 18.4 Å². The van der Waals surface area contributed by atoms with Crippen molar-refractivity contribution in [2.75, 3.05) is 25.6 Å². The summed E-state index contributed by atoms with van der Waals surface area (Å²) in [7, 11) is 1.49. The maximum absolute atomic E-state index is 13.5. The number of rotatable bonds is 7. The van der Waals surface area contributed by atoms with Gasteiger partial charge in [0, 0.05) is 36.0 Å². The molecule has 0 unspecified atom stereocenters. The number of methoxy groups -OCH3 is 1. The van der Waals surface area contributed by atoms with Gasteiger partial charge in [0.15, 0.2) is 5.82 Å². The maximum Gasteiger partial charge on any atom is 0.230 e. The van der Waals surface area contributed by atoms with Crippen molar-refractivity contribution < 1.29 is 13.9 Å². The quantitative estimate of drug-likeness (QED) is 0.580. The van der Waals surface area contributed by atoms with Crippen LogP contribution in [0.2, 0.25) is 0 Å². The minimum atomic E-state index is -0.376. The van der Waals surface area contributed by atoms with Crippen molar-refractivity contribution in [2.45, 2.75) is 23.8 Å². The SMILES string of the molecule is COc1cc(F)ccc1-c1ncnc(Nc2cccc(CSC3CCOCC3)c2)n1. The Morgan fingerprint density at radius 1 is 1.17 bits per heavy atom. The molecular weight excluding hydrogens is 403 g/mol. The van der Waals surface area contributed by atoms with Gasteiger partial charge in [0.1, 0.15) is 17.9 Å². The van der Waals surface area contributed by atoms with Crippen LogP contribution in [0.3, 0.4) is 0 Å². The van der Waals surface area contributed by atoms with E-state index in [1.165, 1.54) is 31.1 Å². The number of ether oxygens (including phenoxy) is 2. The van der Waals surface area contributed by atoms with Crippen LogP contribution in [0.15, 0.2) is 48.8 Å². The molecule has 0 spiro atoms. The lowest BCUT2D eigenvalue weighted by Crippen LogP contribution is -2.17. The number of nitrogens with zero attached hydrogens (tertiary/aromatic N) is 3. The standard InChI is InChI=1S/C22H23FN4O2S/c1-28-20-12-16(23)5-6-19(20)21-24-14-25-22(27-21)26-17-4-2-3-15(11-17)13-30-18-7-9-29-10-8-18/h2-6,11-12,14,18H,7-10,13H2,1H3,(H,24,25,26,27). The van der Waals surface area contributed by atoms with Gasteiger partial charge in [-0.3, -0.25) is 0 Å². The summed E-state index contributed by atoms with van der Waals surface area (Å²) in [5.74, 6) is 1.78. The molecule has 8 heteroatoms. The molecule has 156 valence electrons. The smallest absolute Gasteiger partial charge is 0.230 e. The molecule has 1 N–H and O–H groups in total. The Bertz CT molecular complexity index is 998. The number of benzene rings is 2. The second kappa shape index (κ2) is 9.86. The van der Waals surface area contributed by atoms with Crippen molar-refractivity contribution in [1.29, 1.82) is 0 Å². The largest absolute Gasteiger partial charge is 0.496 e. The summed E-state index contributed by atoms with van der Waals surface area (Å²) in [6.07, 6.45) is 3.66. The van der Waals surface area contributed by atoms with E-state index < -0.39 is 0 Å². The molecular formula is C22H23FN4O2S. The fourth-order valence-electron chi connectivity index (χ4n) is 3.26. The third kappa shape index (κ3) is 5.25. The van der Waals surface area contributed by atoms with E-state index in [1.807, 2.05) is 23.9 Å². The highest BCUT2D eigenvalue weighted by molar-refractivity contribution is 7.99. The molecule has 3 aromatic rings. The van der Waals surface area contributed by atoms with E-state index in [-0.39, 0.29) is 5.82 Å². The van der Waals surface area contributed by atoms with Gasteiger partial charge < -0.3 is 14.8 Å². The molecule has 2 heterocycles. The lowest BCUT2D eigenvalue weighted by molar-refractivity contribution is 0.1000. The molecule has 0 aliphatic carbocycles. The van der Waals surface area contributed by atoms with Gasteiger partial charge in [-0.2, -0.15) is 16.7 Å². The summed E-state index contributed by atoms with van der Waals surface area (Å²) in [6.45, 7) is 1.72. The van der Waals surface area contributed by atoms with E-state index in [0.29, 0.717) is 28.3 Å². The van der Waals surface area contributed by atoms with E-state index in [0.717, 1.165) is 37.5 Å². The van der Waals surface area contributed by atoms with Gasteiger partial charge in [0.25, 0.3) is 0 Å². The second-order valence-corrected chi connectivity index (χ2v) is 8.21. The van der Waals surface area contributed by atoms with Gasteiger partial charge in [-0.1, -0.05) is 12.1 Å². The predicted molar refractivity (Wildman–Crippen MR) is 117 cm³/mol. The van der Waals surface area contributed by atoms with Crippen molar-refractivity contribution in [3.8, 4) is 17.1 Å². The number of hydrogen-bond donors (Lipinski definition) is 1. The number of thioether (sulfide) groups is 1. The van der Waals surface area contributed by atoms with Gasteiger partial charge in [-0.05, 0) is 42.7 Å². The molecule has 2 aromatic carbocycles. The topological polar surface area (TPSA) is 69.2 Å². The highest BCUT2D eigenvalue weighted by Gasteiger charge is 2.14. The zero-order valence-corrected chi connectivity index (χ0v) is 17.5. The molecule has 0 bridgehead atoms. The first-order valence-electron chi connectivity index (χ1n) is 9.79. The molecule has 1 saturated heterocycles. The summed E-state index contributed by atoms with van der Waals surface area (Å²) in [4.78, 5) is 12.9. The van der Waals surface area contributed by atoms with Crippen LogP contribution in [0, 0.1) is 5.82 Å². The van der Waals surface area contributed by atoms with Gasteiger partial charge in [-0.25, -0.2) is 14.4 Å². The molecule has 1 aromatic heterocycles. The van der Waals surface area contributed by atoms with Crippen LogP contribution in [-0.2, 0) is 10.5 Å². The molecule has 0 amide bonds. The third-order valence-electron chi connectivity index (χ3n) is 4.81. The highest BCUT2D eigenvalue weighted by Crippen LogP contribution is 2.29. The molecule has 0 atom stereocenters. The second-order valence-electron chi connectivity index (χ2n) is 6.93. The Hall–Kier alpha value is -2.71. The monoisotopic (exact) mass is 426 g/mol. The molecule has 30 heavy (non-hydrogen) atoms. The van der Waals surface area contributed by atoms with Gasteiger partial charge >= 0.3 is 0 Å². The zero-order chi connectivity index (χ0) is 20.8. The first-order chi connectivity index (χ1) is 14.7. The molecule has 0 saturated carbocycles. The third-order valence-corrected chi connectivity index (χ3v) is 6.26. The van der Waals surface area contributed by atoms with Crippen LogP contribution in [0.25, 0.3) is 11.4 Å².